The molecule has 0 fully saturated rings. The summed E-state index contributed by atoms with van der Waals surface area (Å²) in [7, 11) is -2.90. The molecule has 0 unspecified atom stereocenters. The standard InChI is InChI=1S/C20H20ClF2N3O2S/c1-13-17(14(2)26(24-13)11-15-6-4-5-7-18(15)21)12-25(3)29(27,28)20-10-16(22)8-9-19(20)23/h4-10H,11-12H2,1-3H3. The molecule has 2 aromatic carbocycles. The van der Waals surface area contributed by atoms with Crippen LogP contribution in [0.3, 0.4) is 0 Å². The zero-order valence-corrected chi connectivity index (χ0v) is 17.7. The fourth-order valence-electron chi connectivity index (χ4n) is 3.06. The zero-order valence-electron chi connectivity index (χ0n) is 16.2. The number of benzene rings is 2. The van der Waals surface area contributed by atoms with Crippen molar-refractivity contribution in [1.82, 2.24) is 14.1 Å². The molecule has 0 saturated carbocycles. The van der Waals surface area contributed by atoms with E-state index in [1.165, 1.54) is 7.05 Å². The first-order valence-electron chi connectivity index (χ1n) is 8.79. The van der Waals surface area contributed by atoms with Gasteiger partial charge < -0.3 is 0 Å². The Morgan fingerprint density at radius 3 is 2.52 bits per heavy atom. The molecule has 0 atom stereocenters. The zero-order chi connectivity index (χ0) is 21.3. The van der Waals surface area contributed by atoms with Crippen LogP contribution in [0.2, 0.25) is 5.02 Å². The molecule has 0 aliphatic heterocycles. The highest BCUT2D eigenvalue weighted by Crippen LogP contribution is 2.24. The van der Waals surface area contributed by atoms with Crippen molar-refractivity contribution in [3.05, 3.63) is 81.6 Å². The summed E-state index contributed by atoms with van der Waals surface area (Å²) < 4.78 is 55.7. The third kappa shape index (κ3) is 4.34. The van der Waals surface area contributed by atoms with Crippen LogP contribution in [0.5, 0.6) is 0 Å². The summed E-state index contributed by atoms with van der Waals surface area (Å²) in [5, 5.41) is 5.10. The van der Waals surface area contributed by atoms with Gasteiger partial charge in [-0.1, -0.05) is 29.8 Å². The second-order valence-corrected chi connectivity index (χ2v) is 9.15. The van der Waals surface area contributed by atoms with E-state index >= 15 is 0 Å². The number of nitrogens with zero attached hydrogens (tertiary/aromatic N) is 3. The summed E-state index contributed by atoms with van der Waals surface area (Å²) in [5.41, 5.74) is 2.99. The molecule has 3 rings (SSSR count). The van der Waals surface area contributed by atoms with Gasteiger partial charge in [-0.05, 0) is 43.7 Å². The molecule has 0 N–H and O–H groups in total. The van der Waals surface area contributed by atoms with Gasteiger partial charge in [-0.25, -0.2) is 17.2 Å². The smallest absolute Gasteiger partial charge is 0.246 e. The maximum absolute atomic E-state index is 14.0. The molecule has 0 radical (unpaired) electrons. The SMILES string of the molecule is Cc1nn(Cc2ccccc2Cl)c(C)c1CN(C)S(=O)(=O)c1cc(F)ccc1F. The van der Waals surface area contributed by atoms with Gasteiger partial charge in [0.25, 0.3) is 0 Å². The normalized spacial score (nSPS) is 12.0. The fraction of sp³-hybridized carbons (Fsp3) is 0.250. The predicted octanol–water partition coefficient (Wildman–Crippen LogP) is 4.30. The second kappa shape index (κ2) is 8.22. The van der Waals surface area contributed by atoms with Crippen LogP contribution < -0.4 is 0 Å². The summed E-state index contributed by atoms with van der Waals surface area (Å²) in [6.45, 7) is 4.00. The van der Waals surface area contributed by atoms with Crippen molar-refractivity contribution < 1.29 is 17.2 Å². The van der Waals surface area contributed by atoms with Gasteiger partial charge in [-0.15, -0.1) is 0 Å². The molecule has 0 amide bonds. The van der Waals surface area contributed by atoms with E-state index in [2.05, 4.69) is 5.10 Å². The minimum atomic E-state index is -4.22. The van der Waals surface area contributed by atoms with Crippen LogP contribution in [0.4, 0.5) is 8.78 Å². The topological polar surface area (TPSA) is 55.2 Å². The molecular weight excluding hydrogens is 420 g/mol. The van der Waals surface area contributed by atoms with Gasteiger partial charge in [0.1, 0.15) is 16.5 Å². The molecule has 3 aromatic rings. The highest BCUT2D eigenvalue weighted by molar-refractivity contribution is 7.89. The van der Waals surface area contributed by atoms with Gasteiger partial charge in [0.05, 0.1) is 12.2 Å². The minimum Gasteiger partial charge on any atom is -0.265 e. The van der Waals surface area contributed by atoms with Crippen molar-refractivity contribution in [3.63, 3.8) is 0 Å². The summed E-state index contributed by atoms with van der Waals surface area (Å²) in [5.74, 6) is -1.82. The average molecular weight is 440 g/mol. The third-order valence-electron chi connectivity index (χ3n) is 4.77. The van der Waals surface area contributed by atoms with Crippen LogP contribution >= 0.6 is 11.6 Å². The number of hydrogen-bond donors (Lipinski definition) is 0. The van der Waals surface area contributed by atoms with E-state index in [1.54, 1.807) is 17.7 Å². The molecule has 1 aromatic heterocycles. The van der Waals surface area contributed by atoms with Gasteiger partial charge in [0.15, 0.2) is 0 Å². The Labute approximate surface area is 173 Å². The van der Waals surface area contributed by atoms with Crippen molar-refractivity contribution in [1.29, 1.82) is 0 Å². The maximum atomic E-state index is 14.0. The van der Waals surface area contributed by atoms with E-state index in [-0.39, 0.29) is 6.54 Å². The van der Waals surface area contributed by atoms with Gasteiger partial charge in [0, 0.05) is 29.9 Å². The lowest BCUT2D eigenvalue weighted by atomic mass is 10.2. The van der Waals surface area contributed by atoms with E-state index in [0.29, 0.717) is 28.9 Å². The number of halogens is 3. The molecule has 9 heteroatoms. The predicted molar refractivity (Wildman–Crippen MR) is 107 cm³/mol. The Kier molecular flexibility index (Phi) is 6.07. The van der Waals surface area contributed by atoms with Crippen molar-refractivity contribution in [2.75, 3.05) is 7.05 Å². The van der Waals surface area contributed by atoms with Crippen LogP contribution in [0, 0.1) is 25.5 Å². The summed E-state index contributed by atoms with van der Waals surface area (Å²) >= 11 is 6.22. The van der Waals surface area contributed by atoms with Crippen molar-refractivity contribution in [3.8, 4) is 0 Å². The van der Waals surface area contributed by atoms with Gasteiger partial charge >= 0.3 is 0 Å². The van der Waals surface area contributed by atoms with Crippen LogP contribution in [0.25, 0.3) is 0 Å². The van der Waals surface area contributed by atoms with Crippen molar-refractivity contribution in [2.24, 2.45) is 0 Å². The molecule has 29 heavy (non-hydrogen) atoms. The van der Waals surface area contributed by atoms with Gasteiger partial charge in [-0.2, -0.15) is 9.40 Å². The minimum absolute atomic E-state index is 0.0293. The molecule has 0 aliphatic carbocycles. The molecule has 5 nitrogen and oxygen atoms in total. The lowest BCUT2D eigenvalue weighted by Crippen LogP contribution is -2.28. The van der Waals surface area contributed by atoms with Crippen LogP contribution in [0.15, 0.2) is 47.4 Å². The van der Waals surface area contributed by atoms with Crippen molar-refractivity contribution >= 4 is 21.6 Å². The molecule has 1 heterocycles. The second-order valence-electron chi connectivity index (χ2n) is 6.73. The number of aromatic nitrogens is 2. The van der Waals surface area contributed by atoms with Crippen LogP contribution in [-0.2, 0) is 23.1 Å². The molecule has 0 bridgehead atoms. The van der Waals surface area contributed by atoms with E-state index in [0.717, 1.165) is 27.7 Å². The van der Waals surface area contributed by atoms with Gasteiger partial charge in [-0.3, -0.25) is 4.68 Å². The Bertz CT molecular complexity index is 1160. The Morgan fingerprint density at radius 2 is 1.83 bits per heavy atom. The quantitative estimate of drug-likeness (QED) is 0.575. The Morgan fingerprint density at radius 1 is 1.14 bits per heavy atom. The summed E-state index contributed by atoms with van der Waals surface area (Å²) in [4.78, 5) is -0.696. The Balaban J connectivity index is 1.89. The maximum Gasteiger partial charge on any atom is 0.246 e. The van der Waals surface area contributed by atoms with Crippen molar-refractivity contribution in [2.45, 2.75) is 31.8 Å². The van der Waals surface area contributed by atoms with E-state index in [1.807, 2.05) is 25.1 Å². The average Bonchev–Trinajstić information content (AvgIpc) is 2.92. The molecule has 154 valence electrons. The van der Waals surface area contributed by atoms with Gasteiger partial charge in [0.2, 0.25) is 10.0 Å². The highest BCUT2D eigenvalue weighted by atomic mass is 35.5. The molecule has 0 aliphatic rings. The van der Waals surface area contributed by atoms with E-state index in [9.17, 15) is 17.2 Å². The Hall–Kier alpha value is -2.29. The lowest BCUT2D eigenvalue weighted by Gasteiger charge is -2.18. The molecule has 0 saturated heterocycles. The molecular formula is C20H20ClF2N3O2S. The number of aryl methyl sites for hydroxylation is 1. The largest absolute Gasteiger partial charge is 0.265 e. The summed E-state index contributed by atoms with van der Waals surface area (Å²) in [6.07, 6.45) is 0. The van der Waals surface area contributed by atoms with E-state index in [4.69, 9.17) is 11.6 Å². The lowest BCUT2D eigenvalue weighted by molar-refractivity contribution is 0.456. The first-order valence-corrected chi connectivity index (χ1v) is 10.6. The fourth-order valence-corrected chi connectivity index (χ4v) is 4.46. The monoisotopic (exact) mass is 439 g/mol. The number of hydrogen-bond acceptors (Lipinski definition) is 3. The highest BCUT2D eigenvalue weighted by Gasteiger charge is 2.27. The van der Waals surface area contributed by atoms with Crippen LogP contribution in [-0.4, -0.2) is 29.6 Å². The first-order chi connectivity index (χ1) is 13.6. The third-order valence-corrected chi connectivity index (χ3v) is 6.96. The number of rotatable bonds is 6. The summed E-state index contributed by atoms with van der Waals surface area (Å²) in [6, 6.07) is 9.75. The first kappa shape index (κ1) is 21.4. The number of sulfonamides is 1. The van der Waals surface area contributed by atoms with Crippen LogP contribution in [0.1, 0.15) is 22.5 Å². The molecule has 0 spiro atoms. The van der Waals surface area contributed by atoms with E-state index < -0.39 is 26.6 Å².